The maximum atomic E-state index is 13.0. The van der Waals surface area contributed by atoms with E-state index in [4.69, 9.17) is 4.52 Å². The van der Waals surface area contributed by atoms with Crippen LogP contribution in [-0.2, 0) is 0 Å². The summed E-state index contributed by atoms with van der Waals surface area (Å²) in [6.07, 6.45) is 3.40. The van der Waals surface area contributed by atoms with Crippen LogP contribution in [0.2, 0.25) is 0 Å². The number of nitrogens with one attached hydrogen (secondary N) is 1. The predicted octanol–water partition coefficient (Wildman–Crippen LogP) is 4.38. The van der Waals surface area contributed by atoms with Gasteiger partial charge in [0.15, 0.2) is 0 Å². The number of amides is 1. The van der Waals surface area contributed by atoms with Gasteiger partial charge < -0.3 is 9.84 Å². The Kier molecular flexibility index (Phi) is 4.36. The molecule has 0 atom stereocenters. The Hall–Kier alpha value is -3.85. The molecule has 0 spiro atoms. The van der Waals surface area contributed by atoms with Gasteiger partial charge in [-0.25, -0.2) is 9.97 Å². The third-order valence-corrected chi connectivity index (χ3v) is 5.33. The number of benzene rings is 1. The molecule has 4 heterocycles. The first-order chi connectivity index (χ1) is 14.6. The Morgan fingerprint density at radius 1 is 1.13 bits per heavy atom. The number of carbonyl (C=O) groups excluding carboxylic acids is 1. The predicted molar refractivity (Wildman–Crippen MR) is 113 cm³/mol. The molecular weight excluding hydrogens is 400 g/mol. The van der Waals surface area contributed by atoms with Gasteiger partial charge in [0.05, 0.1) is 17.4 Å². The minimum atomic E-state index is -0.256. The molecule has 0 saturated carbocycles. The molecule has 30 heavy (non-hydrogen) atoms. The van der Waals surface area contributed by atoms with Gasteiger partial charge in [0, 0.05) is 35.3 Å². The smallest absolute Gasteiger partial charge is 0.274 e. The average Bonchev–Trinajstić information content (AvgIpc) is 3.49. The summed E-state index contributed by atoms with van der Waals surface area (Å²) in [6.45, 7) is 3.66. The number of carbonyl (C=O) groups is 1. The number of pyridine rings is 1. The largest absolute Gasteiger partial charge is 0.339 e. The molecule has 4 aromatic heterocycles. The van der Waals surface area contributed by atoms with Gasteiger partial charge in [-0.1, -0.05) is 17.3 Å². The molecule has 0 unspecified atom stereocenters. The minimum Gasteiger partial charge on any atom is -0.339 e. The molecule has 0 aliphatic rings. The van der Waals surface area contributed by atoms with Crippen LogP contribution in [0.3, 0.4) is 0 Å². The molecular formula is C21H16N6O2S. The van der Waals surface area contributed by atoms with Gasteiger partial charge in [0.2, 0.25) is 11.7 Å². The lowest BCUT2D eigenvalue weighted by Gasteiger charge is -2.09. The quantitative estimate of drug-likeness (QED) is 0.467. The number of fused-ring (bicyclic) bond motifs is 1. The number of nitrogens with zero attached hydrogens (tertiary/aromatic N) is 5. The molecule has 0 aliphatic carbocycles. The van der Waals surface area contributed by atoms with E-state index in [1.807, 2.05) is 48.8 Å². The van der Waals surface area contributed by atoms with Gasteiger partial charge >= 0.3 is 0 Å². The lowest BCUT2D eigenvalue weighted by molar-refractivity contribution is 0.102. The summed E-state index contributed by atoms with van der Waals surface area (Å²) in [5.41, 5.74) is 7.12. The summed E-state index contributed by atoms with van der Waals surface area (Å²) in [7, 11) is 0. The highest BCUT2D eigenvalue weighted by atomic mass is 32.1. The van der Waals surface area contributed by atoms with Crippen LogP contribution in [0.5, 0.6) is 0 Å². The Balaban J connectivity index is 1.45. The maximum Gasteiger partial charge on any atom is 0.274 e. The van der Waals surface area contributed by atoms with Crippen molar-refractivity contribution in [1.82, 2.24) is 24.5 Å². The van der Waals surface area contributed by atoms with Crippen LogP contribution < -0.4 is 5.32 Å². The fourth-order valence-corrected chi connectivity index (χ4v) is 3.72. The van der Waals surface area contributed by atoms with E-state index < -0.39 is 0 Å². The summed E-state index contributed by atoms with van der Waals surface area (Å²) >= 11 is 1.54. The monoisotopic (exact) mass is 416 g/mol. The van der Waals surface area contributed by atoms with Gasteiger partial charge in [-0.15, -0.1) is 11.3 Å². The average molecular weight is 416 g/mol. The van der Waals surface area contributed by atoms with Crippen LogP contribution in [0.15, 0.2) is 58.1 Å². The Labute approximate surface area is 175 Å². The van der Waals surface area contributed by atoms with Crippen molar-refractivity contribution < 1.29 is 9.32 Å². The zero-order valence-electron chi connectivity index (χ0n) is 16.2. The van der Waals surface area contributed by atoms with Crippen LogP contribution in [-0.4, -0.2) is 30.4 Å². The molecule has 0 bridgehead atoms. The van der Waals surface area contributed by atoms with Crippen molar-refractivity contribution in [1.29, 1.82) is 0 Å². The van der Waals surface area contributed by atoms with E-state index in [9.17, 15) is 4.79 Å². The van der Waals surface area contributed by atoms with Crippen molar-refractivity contribution >= 4 is 28.6 Å². The number of hydrogen-bond acceptors (Lipinski definition) is 7. The normalized spacial score (nSPS) is 11.1. The first-order valence-electron chi connectivity index (χ1n) is 9.17. The summed E-state index contributed by atoms with van der Waals surface area (Å²) in [5, 5.41) is 8.88. The Morgan fingerprint density at radius 3 is 2.80 bits per heavy atom. The van der Waals surface area contributed by atoms with Crippen molar-refractivity contribution in [3.63, 3.8) is 0 Å². The molecule has 148 valence electrons. The van der Waals surface area contributed by atoms with E-state index >= 15 is 0 Å². The van der Waals surface area contributed by atoms with Crippen molar-refractivity contribution in [2.24, 2.45) is 0 Å². The molecule has 0 saturated heterocycles. The van der Waals surface area contributed by atoms with E-state index in [0.717, 1.165) is 22.4 Å². The molecule has 8 nitrogen and oxygen atoms in total. The van der Waals surface area contributed by atoms with Crippen molar-refractivity contribution in [2.45, 2.75) is 13.8 Å². The van der Waals surface area contributed by atoms with Gasteiger partial charge in [0.1, 0.15) is 11.3 Å². The lowest BCUT2D eigenvalue weighted by atomic mass is 10.1. The van der Waals surface area contributed by atoms with E-state index in [-0.39, 0.29) is 5.91 Å². The molecule has 0 fully saturated rings. The van der Waals surface area contributed by atoms with Crippen molar-refractivity contribution in [3.8, 4) is 22.6 Å². The minimum absolute atomic E-state index is 0.256. The number of imidazole rings is 1. The number of thiazole rings is 1. The third kappa shape index (κ3) is 3.25. The van der Waals surface area contributed by atoms with Crippen molar-refractivity contribution in [3.05, 3.63) is 70.8 Å². The highest BCUT2D eigenvalue weighted by Crippen LogP contribution is 2.25. The van der Waals surface area contributed by atoms with E-state index in [2.05, 4.69) is 25.4 Å². The molecule has 1 amide bonds. The molecule has 9 heteroatoms. The first kappa shape index (κ1) is 18.2. The third-order valence-electron chi connectivity index (χ3n) is 4.75. The lowest BCUT2D eigenvalue weighted by Crippen LogP contribution is -2.15. The molecule has 0 aliphatic heterocycles. The van der Waals surface area contributed by atoms with Gasteiger partial charge in [-0.3, -0.25) is 9.20 Å². The topological polar surface area (TPSA) is 98.2 Å². The molecule has 5 rings (SSSR count). The van der Waals surface area contributed by atoms with Crippen LogP contribution in [0.25, 0.3) is 28.3 Å². The highest BCUT2D eigenvalue weighted by molar-refractivity contribution is 7.07. The van der Waals surface area contributed by atoms with Crippen LogP contribution in [0.1, 0.15) is 21.9 Å². The number of anilines is 1. The molecule has 5 aromatic rings. The highest BCUT2D eigenvalue weighted by Gasteiger charge is 2.15. The number of aryl methyl sites for hydroxylation is 2. The zero-order valence-corrected chi connectivity index (χ0v) is 17.0. The van der Waals surface area contributed by atoms with Crippen LogP contribution in [0.4, 0.5) is 5.69 Å². The zero-order chi connectivity index (χ0) is 20.7. The second kappa shape index (κ2) is 7.20. The number of hydrogen-bond donors (Lipinski definition) is 1. The Morgan fingerprint density at radius 2 is 2.03 bits per heavy atom. The maximum absolute atomic E-state index is 13.0. The summed E-state index contributed by atoms with van der Waals surface area (Å²) in [6, 6.07) is 9.47. The van der Waals surface area contributed by atoms with E-state index in [0.29, 0.717) is 28.7 Å². The number of rotatable bonds is 4. The van der Waals surface area contributed by atoms with Gasteiger partial charge in [-0.05, 0) is 30.7 Å². The summed E-state index contributed by atoms with van der Waals surface area (Å²) in [4.78, 5) is 25.9. The van der Waals surface area contributed by atoms with Gasteiger partial charge in [-0.2, -0.15) is 4.98 Å². The van der Waals surface area contributed by atoms with Gasteiger partial charge in [0.25, 0.3) is 5.91 Å². The van der Waals surface area contributed by atoms with Crippen molar-refractivity contribution in [2.75, 3.05) is 5.32 Å². The molecule has 0 radical (unpaired) electrons. The summed E-state index contributed by atoms with van der Waals surface area (Å²) in [5.74, 6) is 0.708. The fraction of sp³-hybridized carbons (Fsp3) is 0.0952. The summed E-state index contributed by atoms with van der Waals surface area (Å²) < 4.78 is 6.81. The number of aromatic nitrogens is 5. The Bertz CT molecular complexity index is 1370. The van der Waals surface area contributed by atoms with E-state index in [1.54, 1.807) is 23.0 Å². The second-order valence-corrected chi connectivity index (χ2v) is 7.50. The molecule has 1 N–H and O–H groups in total. The standard InChI is InChI=1S/C21H16N6O2S/c1-12-3-4-15(20-24-13(2)29-26-20)7-16(12)25-21(28)18-9-22-19-8-14(5-6-27(18)19)17-10-30-11-23-17/h3-11H,1-2H3,(H,25,28). The fourth-order valence-electron chi connectivity index (χ4n) is 3.16. The first-order valence-corrected chi connectivity index (χ1v) is 10.1. The molecule has 1 aromatic carbocycles. The van der Waals surface area contributed by atoms with E-state index in [1.165, 1.54) is 11.3 Å². The SMILES string of the molecule is Cc1nc(-c2ccc(C)c(NC(=O)c3cnc4cc(-c5cscn5)ccn34)c2)no1. The van der Waals surface area contributed by atoms with Crippen LogP contribution >= 0.6 is 11.3 Å². The second-order valence-electron chi connectivity index (χ2n) is 6.78. The van der Waals surface area contributed by atoms with Crippen LogP contribution in [0, 0.1) is 13.8 Å².